The van der Waals surface area contributed by atoms with Gasteiger partial charge in [-0.3, -0.25) is 4.90 Å². The molecule has 1 heterocycles. The lowest BCUT2D eigenvalue weighted by molar-refractivity contribution is 0.0134. The van der Waals surface area contributed by atoms with Crippen LogP contribution in [-0.2, 0) is 30.7 Å². The van der Waals surface area contributed by atoms with Gasteiger partial charge in [0.05, 0.1) is 5.66 Å². The van der Waals surface area contributed by atoms with E-state index in [1.165, 1.54) is 18.2 Å². The molecule has 3 aromatic rings. The molecule has 0 aromatic heterocycles. The van der Waals surface area contributed by atoms with E-state index in [2.05, 4.69) is 4.90 Å². The molecule has 5 nitrogen and oxygen atoms in total. The highest BCUT2D eigenvalue weighted by Crippen LogP contribution is 2.31. The second kappa shape index (κ2) is 11.0. The number of carbonyl (C=O) groups excluding carboxylic acids is 1. The van der Waals surface area contributed by atoms with Crippen molar-refractivity contribution >= 4 is 6.09 Å². The van der Waals surface area contributed by atoms with Gasteiger partial charge in [-0.05, 0) is 61.2 Å². The number of nitrogens with two attached hydrogens (primary N) is 1. The predicted molar refractivity (Wildman–Crippen MR) is 141 cm³/mol. The van der Waals surface area contributed by atoms with Crippen LogP contribution in [0.15, 0.2) is 72.8 Å². The highest BCUT2D eigenvalue weighted by atomic mass is 19.1. The largest absolute Gasteiger partial charge is 0.444 e. The Morgan fingerprint density at radius 3 is 2.43 bits per heavy atom. The third kappa shape index (κ3) is 6.93. The number of ether oxygens (including phenoxy) is 1. The minimum atomic E-state index is -0.963. The molecule has 1 aliphatic rings. The van der Waals surface area contributed by atoms with Crippen LogP contribution in [0.3, 0.4) is 0 Å². The summed E-state index contributed by atoms with van der Waals surface area (Å²) in [5.41, 5.74) is 8.67. The molecular formula is C30H35F2N3O2. The zero-order chi connectivity index (χ0) is 26.6. The molecule has 1 atom stereocenters. The number of benzene rings is 3. The van der Waals surface area contributed by atoms with E-state index in [4.69, 9.17) is 10.5 Å². The van der Waals surface area contributed by atoms with Crippen LogP contribution in [0.5, 0.6) is 0 Å². The van der Waals surface area contributed by atoms with Crippen molar-refractivity contribution in [2.75, 3.05) is 13.1 Å². The van der Waals surface area contributed by atoms with E-state index < -0.39 is 17.4 Å². The van der Waals surface area contributed by atoms with Crippen molar-refractivity contribution in [3.8, 4) is 0 Å². The summed E-state index contributed by atoms with van der Waals surface area (Å²) >= 11 is 0. The number of carbonyl (C=O) groups is 1. The normalized spacial score (nSPS) is 17.8. The Morgan fingerprint density at radius 2 is 1.73 bits per heavy atom. The molecular weight excluding hydrogens is 472 g/mol. The topological polar surface area (TPSA) is 58.8 Å². The summed E-state index contributed by atoms with van der Waals surface area (Å²) in [4.78, 5) is 16.9. The second-order valence-electron chi connectivity index (χ2n) is 10.8. The Kier molecular flexibility index (Phi) is 7.95. The average Bonchev–Trinajstić information content (AvgIpc) is 2.83. The van der Waals surface area contributed by atoms with E-state index >= 15 is 0 Å². The standard InChI is InChI=1S/C30H35F2N3O2/c1-29(2,3)37-28(36)34(20-22-9-5-4-6-10-22)15-16-35-21-24-13-14-26(31)17-25(24)19-30(35,33)18-23-11-7-8-12-27(23)32/h4-14,17H,15-16,18-21,33H2,1-3H3. The zero-order valence-electron chi connectivity index (χ0n) is 21.7. The molecule has 196 valence electrons. The fourth-order valence-electron chi connectivity index (χ4n) is 4.77. The van der Waals surface area contributed by atoms with Gasteiger partial charge in [0.25, 0.3) is 0 Å². The summed E-state index contributed by atoms with van der Waals surface area (Å²) in [6.45, 7) is 7.16. The van der Waals surface area contributed by atoms with E-state index in [9.17, 15) is 13.6 Å². The van der Waals surface area contributed by atoms with Crippen LogP contribution in [0, 0.1) is 11.6 Å². The Bertz CT molecular complexity index is 1230. The number of hydrogen-bond acceptors (Lipinski definition) is 4. The number of fused-ring (bicyclic) bond motifs is 1. The lowest BCUT2D eigenvalue weighted by Gasteiger charge is -2.46. The molecule has 0 saturated carbocycles. The molecule has 4 rings (SSSR count). The predicted octanol–water partition coefficient (Wildman–Crippen LogP) is 5.66. The third-order valence-corrected chi connectivity index (χ3v) is 6.62. The van der Waals surface area contributed by atoms with Gasteiger partial charge in [0.1, 0.15) is 17.2 Å². The number of halogens is 2. The molecule has 1 amide bonds. The van der Waals surface area contributed by atoms with Crippen LogP contribution in [0.2, 0.25) is 0 Å². The van der Waals surface area contributed by atoms with Crippen molar-refractivity contribution < 1.29 is 18.3 Å². The first-order valence-corrected chi connectivity index (χ1v) is 12.6. The first-order chi connectivity index (χ1) is 17.5. The minimum absolute atomic E-state index is 0.251. The van der Waals surface area contributed by atoms with E-state index in [1.807, 2.05) is 51.1 Å². The van der Waals surface area contributed by atoms with Gasteiger partial charge in [0.15, 0.2) is 0 Å². The van der Waals surface area contributed by atoms with Crippen molar-refractivity contribution in [1.29, 1.82) is 0 Å². The zero-order valence-corrected chi connectivity index (χ0v) is 21.7. The Hall–Kier alpha value is -3.29. The van der Waals surface area contributed by atoms with Crippen LogP contribution in [0.4, 0.5) is 13.6 Å². The smallest absolute Gasteiger partial charge is 0.410 e. The maximum atomic E-state index is 14.6. The van der Waals surface area contributed by atoms with Gasteiger partial charge >= 0.3 is 6.09 Å². The van der Waals surface area contributed by atoms with Crippen LogP contribution < -0.4 is 5.73 Å². The van der Waals surface area contributed by atoms with Crippen molar-refractivity contribution in [2.45, 2.75) is 58.0 Å². The highest BCUT2D eigenvalue weighted by molar-refractivity contribution is 5.68. The molecule has 0 radical (unpaired) electrons. The van der Waals surface area contributed by atoms with Gasteiger partial charge in [-0.2, -0.15) is 0 Å². The number of hydrogen-bond donors (Lipinski definition) is 1. The molecule has 0 bridgehead atoms. The minimum Gasteiger partial charge on any atom is -0.444 e. The summed E-state index contributed by atoms with van der Waals surface area (Å²) in [7, 11) is 0. The molecule has 37 heavy (non-hydrogen) atoms. The first kappa shape index (κ1) is 26.8. The highest BCUT2D eigenvalue weighted by Gasteiger charge is 2.38. The summed E-state index contributed by atoms with van der Waals surface area (Å²) in [5, 5.41) is 0. The van der Waals surface area contributed by atoms with E-state index in [-0.39, 0.29) is 18.1 Å². The lowest BCUT2D eigenvalue weighted by atomic mass is 9.85. The monoisotopic (exact) mass is 507 g/mol. The maximum Gasteiger partial charge on any atom is 0.410 e. The average molecular weight is 508 g/mol. The fourth-order valence-corrected chi connectivity index (χ4v) is 4.77. The van der Waals surface area contributed by atoms with E-state index in [0.717, 1.165) is 16.7 Å². The summed E-state index contributed by atoms with van der Waals surface area (Å²) in [5.74, 6) is -0.642. The van der Waals surface area contributed by atoms with Crippen molar-refractivity contribution in [3.05, 3.63) is 107 Å². The van der Waals surface area contributed by atoms with E-state index in [1.54, 1.807) is 29.2 Å². The molecule has 1 unspecified atom stereocenters. The third-order valence-electron chi connectivity index (χ3n) is 6.62. The number of amides is 1. The van der Waals surface area contributed by atoms with Gasteiger partial charge in [-0.1, -0.05) is 54.6 Å². The molecule has 0 fully saturated rings. The van der Waals surface area contributed by atoms with Gasteiger partial charge in [0.2, 0.25) is 0 Å². The SMILES string of the molecule is CC(C)(C)OC(=O)N(CCN1Cc2ccc(F)cc2CC1(N)Cc1ccccc1F)Cc1ccccc1. The number of rotatable bonds is 7. The van der Waals surface area contributed by atoms with Gasteiger partial charge in [-0.15, -0.1) is 0 Å². The van der Waals surface area contributed by atoms with Gasteiger partial charge in [0, 0.05) is 39.0 Å². The van der Waals surface area contributed by atoms with Gasteiger partial charge in [-0.25, -0.2) is 13.6 Å². The quantitative estimate of drug-likeness (QED) is 0.449. The van der Waals surface area contributed by atoms with Crippen LogP contribution in [-0.4, -0.2) is 40.2 Å². The summed E-state index contributed by atoms with van der Waals surface area (Å²) in [6.07, 6.45) is 0.202. The van der Waals surface area contributed by atoms with Crippen LogP contribution >= 0.6 is 0 Å². The molecule has 3 aromatic carbocycles. The van der Waals surface area contributed by atoms with Crippen LogP contribution in [0.25, 0.3) is 0 Å². The maximum absolute atomic E-state index is 14.6. The van der Waals surface area contributed by atoms with Gasteiger partial charge < -0.3 is 15.4 Å². The molecule has 1 aliphatic heterocycles. The molecule has 0 saturated heterocycles. The Labute approximate surface area is 217 Å². The van der Waals surface area contributed by atoms with Crippen LogP contribution in [0.1, 0.15) is 43.0 Å². The molecule has 2 N–H and O–H groups in total. The number of nitrogens with zero attached hydrogens (tertiary/aromatic N) is 2. The van der Waals surface area contributed by atoms with Crippen molar-refractivity contribution in [3.63, 3.8) is 0 Å². The lowest BCUT2D eigenvalue weighted by Crippen LogP contribution is -2.62. The Morgan fingerprint density at radius 1 is 1.03 bits per heavy atom. The van der Waals surface area contributed by atoms with E-state index in [0.29, 0.717) is 38.2 Å². The molecule has 0 spiro atoms. The van der Waals surface area contributed by atoms with Crippen molar-refractivity contribution in [2.24, 2.45) is 5.73 Å². The Balaban J connectivity index is 1.60. The summed E-state index contributed by atoms with van der Waals surface area (Å²) < 4.78 is 34.4. The second-order valence-corrected chi connectivity index (χ2v) is 10.8. The fraction of sp³-hybridized carbons (Fsp3) is 0.367. The molecule has 0 aliphatic carbocycles. The first-order valence-electron chi connectivity index (χ1n) is 12.6. The summed E-state index contributed by atoms with van der Waals surface area (Å²) in [6, 6.07) is 21.0. The van der Waals surface area contributed by atoms with Crippen molar-refractivity contribution in [1.82, 2.24) is 9.80 Å². The molecule has 7 heteroatoms.